The number of hydrogen-bond acceptors (Lipinski definition) is 2. The van der Waals surface area contributed by atoms with Gasteiger partial charge >= 0.3 is 0 Å². The lowest BCUT2D eigenvalue weighted by molar-refractivity contribution is 0.126. The van der Waals surface area contributed by atoms with E-state index < -0.39 is 0 Å². The Bertz CT molecular complexity index is 336. The van der Waals surface area contributed by atoms with Gasteiger partial charge in [-0.25, -0.2) is 0 Å². The molecule has 3 heteroatoms. The molecule has 1 aromatic carbocycles. The van der Waals surface area contributed by atoms with Gasteiger partial charge in [0, 0.05) is 35.3 Å². The van der Waals surface area contributed by atoms with Gasteiger partial charge in [-0.1, -0.05) is 12.1 Å². The van der Waals surface area contributed by atoms with Crippen molar-refractivity contribution in [2.24, 2.45) is 0 Å². The summed E-state index contributed by atoms with van der Waals surface area (Å²) < 4.78 is 1.31. The molecule has 0 aliphatic carbocycles. The molecule has 1 aliphatic heterocycles. The zero-order chi connectivity index (χ0) is 11.5. The Balaban J connectivity index is 2.11. The Morgan fingerprint density at radius 1 is 1.38 bits per heavy atom. The molecule has 2 rings (SSSR count). The van der Waals surface area contributed by atoms with Crippen LogP contribution in [0.15, 0.2) is 24.3 Å². The maximum atomic E-state index is 3.44. The van der Waals surface area contributed by atoms with Crippen LogP contribution in [0, 0.1) is 3.57 Å². The van der Waals surface area contributed by atoms with Crippen LogP contribution in [0.25, 0.3) is 0 Å². The molecule has 0 saturated carbocycles. The van der Waals surface area contributed by atoms with Crippen LogP contribution in [0.5, 0.6) is 0 Å². The molecule has 0 amide bonds. The normalized spacial score (nSPS) is 24.3. The van der Waals surface area contributed by atoms with Crippen molar-refractivity contribution in [1.82, 2.24) is 10.2 Å². The topological polar surface area (TPSA) is 15.3 Å². The molecular formula is C13H19IN2. The fourth-order valence-corrected chi connectivity index (χ4v) is 2.72. The first kappa shape index (κ1) is 12.3. The van der Waals surface area contributed by atoms with Gasteiger partial charge in [-0.3, -0.25) is 4.90 Å². The van der Waals surface area contributed by atoms with Crippen molar-refractivity contribution in [2.75, 3.05) is 19.6 Å². The molecule has 1 aromatic rings. The Hall–Kier alpha value is -0.130. The van der Waals surface area contributed by atoms with E-state index in [0.29, 0.717) is 12.1 Å². The van der Waals surface area contributed by atoms with Crippen LogP contribution in [-0.2, 0) is 0 Å². The van der Waals surface area contributed by atoms with E-state index in [-0.39, 0.29) is 0 Å². The highest BCUT2D eigenvalue weighted by atomic mass is 127. The molecule has 0 aromatic heterocycles. The SMILES string of the molecule is C[C@H]1CNCCN1[C@@H](C)c1ccc(I)cc1. The quantitative estimate of drug-likeness (QED) is 0.839. The Morgan fingerprint density at radius 2 is 2.06 bits per heavy atom. The molecule has 1 heterocycles. The van der Waals surface area contributed by atoms with Crippen LogP contribution in [0.4, 0.5) is 0 Å². The van der Waals surface area contributed by atoms with Crippen molar-refractivity contribution in [3.8, 4) is 0 Å². The van der Waals surface area contributed by atoms with Crippen LogP contribution in [0.1, 0.15) is 25.5 Å². The van der Waals surface area contributed by atoms with Gasteiger partial charge in [-0.2, -0.15) is 0 Å². The minimum atomic E-state index is 0.522. The number of nitrogens with zero attached hydrogens (tertiary/aromatic N) is 1. The first-order chi connectivity index (χ1) is 7.68. The van der Waals surface area contributed by atoms with E-state index in [1.54, 1.807) is 0 Å². The highest BCUT2D eigenvalue weighted by molar-refractivity contribution is 14.1. The molecule has 1 fully saturated rings. The lowest BCUT2D eigenvalue weighted by Gasteiger charge is -2.38. The molecule has 1 saturated heterocycles. The molecule has 0 radical (unpaired) electrons. The zero-order valence-electron chi connectivity index (χ0n) is 9.91. The first-order valence-corrected chi connectivity index (χ1v) is 6.98. The van der Waals surface area contributed by atoms with Gasteiger partial charge in [0.1, 0.15) is 0 Å². The van der Waals surface area contributed by atoms with Crippen molar-refractivity contribution < 1.29 is 0 Å². The number of rotatable bonds is 2. The van der Waals surface area contributed by atoms with Crippen molar-refractivity contribution in [3.05, 3.63) is 33.4 Å². The van der Waals surface area contributed by atoms with Gasteiger partial charge in [0.15, 0.2) is 0 Å². The van der Waals surface area contributed by atoms with Gasteiger partial charge in [0.05, 0.1) is 0 Å². The summed E-state index contributed by atoms with van der Waals surface area (Å²) >= 11 is 2.35. The summed E-state index contributed by atoms with van der Waals surface area (Å²) in [6, 6.07) is 10.0. The minimum absolute atomic E-state index is 0.522. The number of benzene rings is 1. The third-order valence-electron chi connectivity index (χ3n) is 3.40. The summed E-state index contributed by atoms with van der Waals surface area (Å²) in [6.45, 7) is 7.97. The molecule has 0 unspecified atom stereocenters. The van der Waals surface area contributed by atoms with Gasteiger partial charge in [-0.05, 0) is 54.1 Å². The fourth-order valence-electron chi connectivity index (χ4n) is 2.36. The third kappa shape index (κ3) is 2.76. The summed E-state index contributed by atoms with van der Waals surface area (Å²) in [5.74, 6) is 0. The van der Waals surface area contributed by atoms with E-state index in [1.165, 1.54) is 9.13 Å². The highest BCUT2D eigenvalue weighted by Gasteiger charge is 2.23. The second-order valence-electron chi connectivity index (χ2n) is 4.52. The Morgan fingerprint density at radius 3 is 2.69 bits per heavy atom. The van der Waals surface area contributed by atoms with Crippen LogP contribution in [0.2, 0.25) is 0 Å². The monoisotopic (exact) mass is 330 g/mol. The van der Waals surface area contributed by atoms with Crippen molar-refractivity contribution in [3.63, 3.8) is 0 Å². The predicted molar refractivity (Wildman–Crippen MR) is 76.6 cm³/mol. The van der Waals surface area contributed by atoms with Crippen LogP contribution >= 0.6 is 22.6 Å². The molecule has 88 valence electrons. The van der Waals surface area contributed by atoms with E-state index >= 15 is 0 Å². The summed E-state index contributed by atoms with van der Waals surface area (Å²) in [4.78, 5) is 2.58. The number of halogens is 1. The highest BCUT2D eigenvalue weighted by Crippen LogP contribution is 2.23. The van der Waals surface area contributed by atoms with Crippen molar-refractivity contribution in [2.45, 2.75) is 25.9 Å². The van der Waals surface area contributed by atoms with Gasteiger partial charge in [-0.15, -0.1) is 0 Å². The maximum absolute atomic E-state index is 3.44. The molecule has 2 nitrogen and oxygen atoms in total. The standard InChI is InChI=1S/C13H19IN2/c1-10-9-15-7-8-16(10)11(2)12-3-5-13(14)6-4-12/h3-6,10-11,15H,7-9H2,1-2H3/t10-,11-/m0/s1. The predicted octanol–water partition coefficient (Wildman–Crippen LogP) is 2.65. The molecule has 0 spiro atoms. The smallest absolute Gasteiger partial charge is 0.0323 e. The lowest BCUT2D eigenvalue weighted by Crippen LogP contribution is -2.50. The Labute approximate surface area is 112 Å². The summed E-state index contributed by atoms with van der Waals surface area (Å²) in [5, 5.41) is 3.44. The molecule has 1 N–H and O–H groups in total. The van der Waals surface area contributed by atoms with Crippen molar-refractivity contribution >= 4 is 22.6 Å². The molecule has 2 atom stereocenters. The second-order valence-corrected chi connectivity index (χ2v) is 5.76. The lowest BCUT2D eigenvalue weighted by atomic mass is 10.0. The summed E-state index contributed by atoms with van der Waals surface area (Å²) in [6.07, 6.45) is 0. The average Bonchev–Trinajstić information content (AvgIpc) is 2.30. The molecule has 16 heavy (non-hydrogen) atoms. The van der Waals surface area contributed by atoms with E-state index in [2.05, 4.69) is 70.9 Å². The maximum Gasteiger partial charge on any atom is 0.0323 e. The molecule has 1 aliphatic rings. The molecule has 0 bridgehead atoms. The number of nitrogens with one attached hydrogen (secondary N) is 1. The van der Waals surface area contributed by atoms with E-state index in [9.17, 15) is 0 Å². The van der Waals surface area contributed by atoms with E-state index in [0.717, 1.165) is 19.6 Å². The number of piperazine rings is 1. The number of hydrogen-bond donors (Lipinski definition) is 1. The van der Waals surface area contributed by atoms with Gasteiger partial charge < -0.3 is 5.32 Å². The minimum Gasteiger partial charge on any atom is -0.314 e. The van der Waals surface area contributed by atoms with Crippen molar-refractivity contribution in [1.29, 1.82) is 0 Å². The first-order valence-electron chi connectivity index (χ1n) is 5.90. The van der Waals surface area contributed by atoms with Crippen LogP contribution < -0.4 is 5.32 Å². The van der Waals surface area contributed by atoms with Gasteiger partial charge in [0.25, 0.3) is 0 Å². The molecular weight excluding hydrogens is 311 g/mol. The fraction of sp³-hybridized carbons (Fsp3) is 0.538. The van der Waals surface area contributed by atoms with E-state index in [4.69, 9.17) is 0 Å². The van der Waals surface area contributed by atoms with E-state index in [1.807, 2.05) is 0 Å². The Kier molecular flexibility index (Phi) is 4.21. The third-order valence-corrected chi connectivity index (χ3v) is 4.12. The van der Waals surface area contributed by atoms with Crippen LogP contribution in [-0.4, -0.2) is 30.6 Å². The second kappa shape index (κ2) is 5.47. The van der Waals surface area contributed by atoms with Gasteiger partial charge in [0.2, 0.25) is 0 Å². The zero-order valence-corrected chi connectivity index (χ0v) is 12.1. The average molecular weight is 330 g/mol. The summed E-state index contributed by atoms with van der Waals surface area (Å²) in [7, 11) is 0. The summed E-state index contributed by atoms with van der Waals surface area (Å²) in [5.41, 5.74) is 1.43. The largest absolute Gasteiger partial charge is 0.314 e. The van der Waals surface area contributed by atoms with Crippen LogP contribution in [0.3, 0.4) is 0 Å².